The first-order chi connectivity index (χ1) is 30.4. The average Bonchev–Trinajstić information content (AvgIpc) is 3.26. The van der Waals surface area contributed by atoms with Gasteiger partial charge in [0.2, 0.25) is 0 Å². The molecule has 63 heavy (non-hydrogen) atoms. The van der Waals surface area contributed by atoms with E-state index in [0.717, 1.165) is 83.5 Å². The zero-order chi connectivity index (χ0) is 46.4. The van der Waals surface area contributed by atoms with Crippen LogP contribution in [0.4, 0.5) is 0 Å². The molecule has 1 rings (SSSR count). The lowest BCUT2D eigenvalue weighted by atomic mass is 9.85. The van der Waals surface area contributed by atoms with Crippen molar-refractivity contribution in [2.75, 3.05) is 13.2 Å². The number of allylic oxidation sites excluding steroid dienone is 8. The van der Waals surface area contributed by atoms with Gasteiger partial charge in [-0.05, 0) is 77.0 Å². The third-order valence-electron chi connectivity index (χ3n) is 11.1. The van der Waals surface area contributed by atoms with Gasteiger partial charge in [0, 0.05) is 12.8 Å². The number of unbranched alkanes of at least 4 members (excludes halogenated alkanes) is 20. The van der Waals surface area contributed by atoms with E-state index in [1.54, 1.807) is 0 Å². The van der Waals surface area contributed by atoms with Crippen LogP contribution >= 0.6 is 7.82 Å². The number of phosphoric ester groups is 1. The molecule has 1 aliphatic rings. The van der Waals surface area contributed by atoms with Crippen LogP contribution in [0, 0.1) is 0 Å². The molecule has 13 nitrogen and oxygen atoms in total. The van der Waals surface area contributed by atoms with E-state index in [1.165, 1.54) is 70.6 Å². The predicted molar refractivity (Wildman–Crippen MR) is 249 cm³/mol. The molecular weight excluding hydrogens is 828 g/mol. The fourth-order valence-electron chi connectivity index (χ4n) is 7.17. The quantitative estimate of drug-likeness (QED) is 0.0147. The molecule has 6 unspecified atom stereocenters. The maximum absolute atomic E-state index is 12.8. The van der Waals surface area contributed by atoms with Gasteiger partial charge < -0.3 is 39.9 Å². The number of carbonyl (C=O) groups excluding carboxylic acids is 2. The van der Waals surface area contributed by atoms with Gasteiger partial charge in [0.15, 0.2) is 6.10 Å². The Kier molecular flexibility index (Phi) is 36.4. The number of aliphatic hydroxyl groups excluding tert-OH is 5. The fourth-order valence-corrected chi connectivity index (χ4v) is 8.14. The predicted octanol–water partition coefficient (Wildman–Crippen LogP) is 9.95. The van der Waals surface area contributed by atoms with Crippen molar-refractivity contribution in [3.05, 3.63) is 48.6 Å². The van der Waals surface area contributed by atoms with Crippen molar-refractivity contribution in [3.8, 4) is 0 Å². The van der Waals surface area contributed by atoms with E-state index in [0.29, 0.717) is 12.8 Å². The average molecular weight is 915 g/mol. The molecule has 0 saturated heterocycles. The highest BCUT2D eigenvalue weighted by Crippen LogP contribution is 2.47. The van der Waals surface area contributed by atoms with Crippen LogP contribution in [0.1, 0.15) is 194 Å². The van der Waals surface area contributed by atoms with Gasteiger partial charge in [-0.2, -0.15) is 0 Å². The summed E-state index contributed by atoms with van der Waals surface area (Å²) in [6, 6.07) is 0. The van der Waals surface area contributed by atoms with E-state index >= 15 is 0 Å². The summed E-state index contributed by atoms with van der Waals surface area (Å²) >= 11 is 0. The van der Waals surface area contributed by atoms with Crippen molar-refractivity contribution >= 4 is 19.8 Å². The van der Waals surface area contributed by atoms with E-state index in [4.69, 9.17) is 18.5 Å². The summed E-state index contributed by atoms with van der Waals surface area (Å²) in [4.78, 5) is 35.8. The van der Waals surface area contributed by atoms with Gasteiger partial charge in [-0.25, -0.2) is 4.57 Å². The van der Waals surface area contributed by atoms with E-state index < -0.39 is 75.7 Å². The number of hydrogen-bond acceptors (Lipinski definition) is 12. The summed E-state index contributed by atoms with van der Waals surface area (Å²) in [6.45, 7) is 3.24. The molecule has 0 spiro atoms. The van der Waals surface area contributed by atoms with Gasteiger partial charge in [-0.3, -0.25) is 18.6 Å². The van der Waals surface area contributed by atoms with Crippen molar-refractivity contribution in [3.63, 3.8) is 0 Å². The number of phosphoric acid groups is 1. The van der Waals surface area contributed by atoms with Crippen LogP contribution in [0.25, 0.3) is 0 Å². The minimum atomic E-state index is -5.13. The van der Waals surface area contributed by atoms with Crippen LogP contribution in [-0.4, -0.2) is 98.3 Å². The van der Waals surface area contributed by atoms with Gasteiger partial charge in [-0.1, -0.05) is 152 Å². The first-order valence-corrected chi connectivity index (χ1v) is 25.9. The third kappa shape index (κ3) is 31.4. The fraction of sp³-hybridized carbons (Fsp3) is 0.796. The summed E-state index contributed by atoms with van der Waals surface area (Å²) in [5.41, 5.74) is 0. The maximum Gasteiger partial charge on any atom is 0.472 e. The van der Waals surface area contributed by atoms with Gasteiger partial charge in [0.05, 0.1) is 6.61 Å². The smallest absolute Gasteiger partial charge is 0.462 e. The zero-order valence-electron chi connectivity index (χ0n) is 38.9. The minimum Gasteiger partial charge on any atom is -0.462 e. The Bertz CT molecular complexity index is 1290. The minimum absolute atomic E-state index is 0.0877. The van der Waals surface area contributed by atoms with Crippen molar-refractivity contribution in [2.24, 2.45) is 0 Å². The van der Waals surface area contributed by atoms with Crippen molar-refractivity contribution in [1.82, 2.24) is 0 Å². The van der Waals surface area contributed by atoms with E-state index in [2.05, 4.69) is 62.5 Å². The Morgan fingerprint density at radius 3 is 1.29 bits per heavy atom. The Morgan fingerprint density at radius 2 is 0.857 bits per heavy atom. The van der Waals surface area contributed by atoms with Crippen molar-refractivity contribution < 1.29 is 63.1 Å². The molecule has 14 heteroatoms. The molecule has 1 aliphatic carbocycles. The lowest BCUT2D eigenvalue weighted by Gasteiger charge is -2.41. The van der Waals surface area contributed by atoms with Gasteiger partial charge in [-0.15, -0.1) is 0 Å². The van der Waals surface area contributed by atoms with E-state index in [-0.39, 0.29) is 12.8 Å². The molecule has 0 bridgehead atoms. The standard InChI is InChI=1S/C49H87O13P/c1-3-5-7-9-11-13-15-17-19-20-21-22-24-26-28-30-32-34-36-38-43(51)61-41(40-60-63(57,58)62-49-47(55)45(53)44(52)46(54)48(49)56)39-59-42(50)37-35-33-31-29-27-25-23-18-16-14-12-10-8-6-4-2/h11-14,17-19,23,41,44-49,52-56H,3-10,15-16,20-22,24-40H2,1-2H3,(H,57,58)/t41-,44?,45-,46?,47?,48?,49?/m1/s1. The highest BCUT2D eigenvalue weighted by molar-refractivity contribution is 7.47. The summed E-state index contributed by atoms with van der Waals surface area (Å²) < 4.78 is 33.6. The summed E-state index contributed by atoms with van der Waals surface area (Å²) in [7, 11) is -5.13. The Balaban J connectivity index is 2.44. The molecule has 0 heterocycles. The topological polar surface area (TPSA) is 210 Å². The first-order valence-electron chi connectivity index (χ1n) is 24.4. The molecule has 0 aromatic rings. The lowest BCUT2D eigenvalue weighted by molar-refractivity contribution is -0.220. The third-order valence-corrected chi connectivity index (χ3v) is 12.1. The molecule has 1 fully saturated rings. The number of esters is 2. The van der Waals surface area contributed by atoms with Gasteiger partial charge in [0.1, 0.15) is 43.2 Å². The SMILES string of the molecule is CCCCCC=CCC=CCCCCCCCCCCCC(=O)O[C@H](COC(=O)CCCCCCCC=CCC=CCCCCC)COP(=O)(O)OC1C(O)C(O)C(O)[C@@H](O)C1O. The molecule has 366 valence electrons. The molecule has 8 atom stereocenters. The Morgan fingerprint density at radius 1 is 0.492 bits per heavy atom. The number of aliphatic hydroxyl groups is 5. The molecule has 6 N–H and O–H groups in total. The molecule has 0 aromatic carbocycles. The molecule has 0 aromatic heterocycles. The maximum atomic E-state index is 12.8. The van der Waals surface area contributed by atoms with Crippen LogP contribution in [0.3, 0.4) is 0 Å². The lowest BCUT2D eigenvalue weighted by Crippen LogP contribution is -2.64. The molecule has 0 amide bonds. The Hall–Kier alpha value is -2.19. The van der Waals surface area contributed by atoms with E-state index in [9.17, 15) is 44.6 Å². The van der Waals surface area contributed by atoms with Crippen LogP contribution in [0.5, 0.6) is 0 Å². The normalized spacial score (nSPS) is 22.1. The van der Waals surface area contributed by atoms with E-state index in [1.807, 2.05) is 0 Å². The summed E-state index contributed by atoms with van der Waals surface area (Å²) in [5.74, 6) is -1.12. The molecular formula is C49H87O13P. The second kappa shape index (κ2) is 39.0. The molecule has 0 radical (unpaired) electrons. The Labute approximate surface area is 380 Å². The van der Waals surface area contributed by atoms with Crippen LogP contribution in [0.15, 0.2) is 48.6 Å². The van der Waals surface area contributed by atoms with Gasteiger partial charge in [0.25, 0.3) is 0 Å². The number of ether oxygens (including phenoxy) is 2. The molecule has 1 saturated carbocycles. The molecule has 0 aliphatic heterocycles. The van der Waals surface area contributed by atoms with Crippen LogP contribution < -0.4 is 0 Å². The van der Waals surface area contributed by atoms with Crippen LogP contribution in [-0.2, 0) is 32.7 Å². The largest absolute Gasteiger partial charge is 0.472 e. The van der Waals surface area contributed by atoms with Crippen LogP contribution in [0.2, 0.25) is 0 Å². The summed E-state index contributed by atoms with van der Waals surface area (Å²) in [5, 5.41) is 50.2. The van der Waals surface area contributed by atoms with Crippen molar-refractivity contribution in [2.45, 2.75) is 236 Å². The highest BCUT2D eigenvalue weighted by Gasteiger charge is 2.51. The second-order valence-electron chi connectivity index (χ2n) is 17.0. The monoisotopic (exact) mass is 915 g/mol. The number of carbonyl (C=O) groups is 2. The number of hydrogen-bond donors (Lipinski definition) is 6. The highest BCUT2D eigenvalue weighted by atomic mass is 31.2. The first kappa shape index (κ1) is 58.8. The summed E-state index contributed by atoms with van der Waals surface area (Å²) in [6.07, 6.45) is 32.9. The second-order valence-corrected chi connectivity index (χ2v) is 18.4. The van der Waals surface area contributed by atoms with Crippen molar-refractivity contribution in [1.29, 1.82) is 0 Å². The zero-order valence-corrected chi connectivity index (χ0v) is 39.8. The van der Waals surface area contributed by atoms with Gasteiger partial charge >= 0.3 is 19.8 Å². The number of rotatable bonds is 40.